The van der Waals surface area contributed by atoms with Crippen LogP contribution >= 0.6 is 11.6 Å². The summed E-state index contributed by atoms with van der Waals surface area (Å²) in [5, 5.41) is 11.4. The zero-order valence-corrected chi connectivity index (χ0v) is 21.2. The Hall–Kier alpha value is -2.41. The van der Waals surface area contributed by atoms with Gasteiger partial charge in [0, 0.05) is 60.1 Å². The molecule has 35 heavy (non-hydrogen) atoms. The lowest BCUT2D eigenvalue weighted by atomic mass is 9.80. The van der Waals surface area contributed by atoms with Crippen LogP contribution in [0.15, 0.2) is 36.4 Å². The highest BCUT2D eigenvalue weighted by atomic mass is 35.5. The van der Waals surface area contributed by atoms with Crippen LogP contribution in [0.2, 0.25) is 5.02 Å². The van der Waals surface area contributed by atoms with E-state index in [1.54, 1.807) is 12.1 Å². The first-order chi connectivity index (χ1) is 16.8. The third-order valence-electron chi connectivity index (χ3n) is 7.62. The van der Waals surface area contributed by atoms with Crippen LogP contribution in [0.4, 0.5) is 4.39 Å². The molecule has 0 amide bonds. The first-order valence-corrected chi connectivity index (χ1v) is 12.9. The minimum absolute atomic E-state index is 0.189. The van der Waals surface area contributed by atoms with E-state index in [2.05, 4.69) is 34.5 Å². The normalized spacial score (nSPS) is 20.9. The van der Waals surface area contributed by atoms with Crippen LogP contribution in [0.5, 0.6) is 0 Å². The molecule has 1 aliphatic heterocycles. The van der Waals surface area contributed by atoms with Crippen LogP contribution in [0.1, 0.15) is 53.1 Å². The van der Waals surface area contributed by atoms with Gasteiger partial charge in [-0.1, -0.05) is 36.6 Å². The number of halogens is 2. The molecular formula is C28H33ClFN3O2. The Bertz CT molecular complexity index is 1250. The maximum atomic E-state index is 15.4. The highest BCUT2D eigenvalue weighted by molar-refractivity contribution is 6.30. The van der Waals surface area contributed by atoms with Crippen LogP contribution in [0, 0.1) is 0 Å². The van der Waals surface area contributed by atoms with E-state index in [1.165, 1.54) is 0 Å². The van der Waals surface area contributed by atoms with Crippen molar-refractivity contribution in [3.8, 4) is 11.3 Å². The van der Waals surface area contributed by atoms with Crippen LogP contribution in [0.3, 0.4) is 0 Å². The van der Waals surface area contributed by atoms with Crippen LogP contribution in [-0.4, -0.2) is 65.3 Å². The SMILES string of the molecule is CN(C)CCN1CCn2c(c([C@@H]3CCCC[C@H]3F)c3ccc(C(=O)O)cc32)-c2ccc(Cl)cc2C1. The third kappa shape index (κ3) is 4.72. The van der Waals surface area contributed by atoms with E-state index in [0.717, 1.165) is 78.7 Å². The zero-order chi connectivity index (χ0) is 24.7. The number of nitrogens with zero attached hydrogens (tertiary/aromatic N) is 3. The Kier molecular flexibility index (Phi) is 6.88. The fourth-order valence-corrected chi connectivity index (χ4v) is 6.03. The van der Waals surface area contributed by atoms with E-state index in [1.807, 2.05) is 18.2 Å². The lowest BCUT2D eigenvalue weighted by Gasteiger charge is -2.31. The fourth-order valence-electron chi connectivity index (χ4n) is 5.84. The maximum absolute atomic E-state index is 15.4. The van der Waals surface area contributed by atoms with E-state index < -0.39 is 12.1 Å². The molecule has 0 saturated heterocycles. The Labute approximate surface area is 211 Å². The summed E-state index contributed by atoms with van der Waals surface area (Å²) in [4.78, 5) is 16.4. The molecule has 2 aromatic carbocycles. The number of carboxylic acids is 1. The van der Waals surface area contributed by atoms with Crippen LogP contribution in [0.25, 0.3) is 22.2 Å². The molecule has 186 valence electrons. The number of rotatable bonds is 5. The summed E-state index contributed by atoms with van der Waals surface area (Å²) < 4.78 is 17.7. The first kappa shape index (κ1) is 24.3. The van der Waals surface area contributed by atoms with Gasteiger partial charge >= 0.3 is 5.97 Å². The van der Waals surface area contributed by atoms with Gasteiger partial charge in [-0.15, -0.1) is 0 Å². The van der Waals surface area contributed by atoms with Crippen LogP contribution in [-0.2, 0) is 13.1 Å². The van der Waals surface area contributed by atoms with Crippen molar-refractivity contribution in [1.82, 2.24) is 14.4 Å². The van der Waals surface area contributed by atoms with Gasteiger partial charge in [0.2, 0.25) is 0 Å². The summed E-state index contributed by atoms with van der Waals surface area (Å²) >= 11 is 6.46. The average molecular weight is 498 g/mol. The average Bonchev–Trinajstić information content (AvgIpc) is 3.12. The van der Waals surface area contributed by atoms with Gasteiger partial charge < -0.3 is 14.6 Å². The molecule has 0 radical (unpaired) electrons. The van der Waals surface area contributed by atoms with Crippen molar-refractivity contribution >= 4 is 28.5 Å². The Balaban J connectivity index is 1.75. The molecule has 1 N–H and O–H groups in total. The molecule has 7 heteroatoms. The standard InChI is InChI=1S/C28H33ClFN3O2/c1-31(2)11-12-32-13-14-33-25-16-18(28(34)35)7-9-23(25)26(22-5-3-4-6-24(22)30)27(33)21-10-8-20(29)15-19(21)17-32/h7-10,15-16,22,24H,3-6,11-14,17H2,1-2H3,(H,34,35)/t22-,24-/m1/s1. The Morgan fingerprint density at radius 3 is 2.69 bits per heavy atom. The predicted octanol–water partition coefficient (Wildman–Crippen LogP) is 6.03. The molecular weight excluding hydrogens is 465 g/mol. The summed E-state index contributed by atoms with van der Waals surface area (Å²) in [5.41, 5.74) is 5.41. The summed E-state index contributed by atoms with van der Waals surface area (Å²) in [6.07, 6.45) is 2.43. The van der Waals surface area contributed by atoms with Gasteiger partial charge in [-0.3, -0.25) is 4.90 Å². The quantitative estimate of drug-likeness (QED) is 0.467. The van der Waals surface area contributed by atoms with Crippen molar-refractivity contribution in [3.05, 3.63) is 58.1 Å². The van der Waals surface area contributed by atoms with E-state index in [0.29, 0.717) is 18.0 Å². The van der Waals surface area contributed by atoms with E-state index >= 15 is 4.39 Å². The lowest BCUT2D eigenvalue weighted by Crippen LogP contribution is -2.35. The number of aromatic carboxylic acids is 1. The monoisotopic (exact) mass is 497 g/mol. The van der Waals surface area contributed by atoms with E-state index in [9.17, 15) is 9.90 Å². The second-order valence-electron chi connectivity index (χ2n) is 10.2. The third-order valence-corrected chi connectivity index (χ3v) is 7.86. The lowest BCUT2D eigenvalue weighted by molar-refractivity contribution is 0.0697. The van der Waals surface area contributed by atoms with Gasteiger partial charge in [0.25, 0.3) is 0 Å². The number of likely N-dealkylation sites (N-methyl/N-ethyl adjacent to an activating group) is 1. The molecule has 0 bridgehead atoms. The van der Waals surface area contributed by atoms with Gasteiger partial charge in [-0.25, -0.2) is 9.18 Å². The smallest absolute Gasteiger partial charge is 0.335 e. The number of hydrogen-bond acceptors (Lipinski definition) is 3. The number of hydrogen-bond donors (Lipinski definition) is 1. The van der Waals surface area contributed by atoms with Crippen molar-refractivity contribution in [2.75, 3.05) is 33.7 Å². The van der Waals surface area contributed by atoms with Gasteiger partial charge in [-0.2, -0.15) is 0 Å². The highest BCUT2D eigenvalue weighted by Gasteiger charge is 2.34. The first-order valence-electron chi connectivity index (χ1n) is 12.5. The largest absolute Gasteiger partial charge is 0.478 e. The number of carboxylic acid groups (broad SMARTS) is 1. The molecule has 0 spiro atoms. The number of benzene rings is 2. The molecule has 1 fully saturated rings. The molecule has 1 aromatic heterocycles. The minimum atomic E-state index is -0.948. The van der Waals surface area contributed by atoms with Gasteiger partial charge in [0.1, 0.15) is 6.17 Å². The van der Waals surface area contributed by atoms with Crippen molar-refractivity contribution in [1.29, 1.82) is 0 Å². The molecule has 2 heterocycles. The number of carbonyl (C=O) groups is 1. The fraction of sp³-hybridized carbons (Fsp3) is 0.464. The van der Waals surface area contributed by atoms with Crippen molar-refractivity contribution in [3.63, 3.8) is 0 Å². The predicted molar refractivity (Wildman–Crippen MR) is 139 cm³/mol. The summed E-state index contributed by atoms with van der Waals surface area (Å²) in [6, 6.07) is 11.3. The van der Waals surface area contributed by atoms with Gasteiger partial charge in [0.05, 0.1) is 11.3 Å². The Morgan fingerprint density at radius 2 is 1.94 bits per heavy atom. The van der Waals surface area contributed by atoms with E-state index in [-0.39, 0.29) is 11.5 Å². The number of aromatic nitrogens is 1. The summed E-state index contributed by atoms with van der Waals surface area (Å²) in [6.45, 7) is 4.16. The van der Waals surface area contributed by atoms with Gasteiger partial charge in [0.15, 0.2) is 0 Å². The topological polar surface area (TPSA) is 48.7 Å². The van der Waals surface area contributed by atoms with Crippen molar-refractivity contribution < 1.29 is 14.3 Å². The second kappa shape index (κ2) is 9.92. The molecule has 1 aliphatic carbocycles. The van der Waals surface area contributed by atoms with Crippen LogP contribution < -0.4 is 0 Å². The van der Waals surface area contributed by atoms with Crippen molar-refractivity contribution in [2.24, 2.45) is 0 Å². The molecule has 3 aromatic rings. The second-order valence-corrected chi connectivity index (χ2v) is 10.7. The van der Waals surface area contributed by atoms with Crippen molar-refractivity contribution in [2.45, 2.75) is 50.9 Å². The summed E-state index contributed by atoms with van der Waals surface area (Å²) in [5.74, 6) is -1.14. The zero-order valence-electron chi connectivity index (χ0n) is 20.4. The summed E-state index contributed by atoms with van der Waals surface area (Å²) in [7, 11) is 4.15. The molecule has 2 aliphatic rings. The minimum Gasteiger partial charge on any atom is -0.478 e. The molecule has 5 rings (SSSR count). The molecule has 0 unspecified atom stereocenters. The molecule has 2 atom stereocenters. The molecule has 1 saturated carbocycles. The van der Waals surface area contributed by atoms with Gasteiger partial charge in [-0.05, 0) is 62.3 Å². The number of alkyl halides is 1. The maximum Gasteiger partial charge on any atom is 0.335 e. The number of fused-ring (bicyclic) bond motifs is 5. The highest BCUT2D eigenvalue weighted by Crippen LogP contribution is 2.46. The Morgan fingerprint density at radius 1 is 1.14 bits per heavy atom. The van der Waals surface area contributed by atoms with E-state index in [4.69, 9.17) is 11.6 Å². The molecule has 5 nitrogen and oxygen atoms in total.